The largest absolute Gasteiger partial charge is 0.435 e. The Morgan fingerprint density at radius 3 is 2.15 bits per heavy atom. The molecular weight excluding hydrogens is 359 g/mol. The molecule has 1 heterocycles. The zero-order valence-electron chi connectivity index (χ0n) is 13.8. The molecule has 0 fully saturated rings. The Morgan fingerprint density at radius 1 is 1.04 bits per heavy atom. The number of rotatable bonds is 4. The molecule has 0 amide bonds. The van der Waals surface area contributed by atoms with Gasteiger partial charge in [0.15, 0.2) is 5.69 Å². The maximum absolute atomic E-state index is 12.5. The quantitative estimate of drug-likeness (QED) is 0.513. The van der Waals surface area contributed by atoms with Gasteiger partial charge >= 0.3 is 12.1 Å². The summed E-state index contributed by atoms with van der Waals surface area (Å²) in [5, 5.41) is 12.1. The molecule has 136 valence electrons. The highest BCUT2D eigenvalue weighted by Gasteiger charge is 2.33. The summed E-state index contributed by atoms with van der Waals surface area (Å²) >= 11 is 0. The van der Waals surface area contributed by atoms with Crippen LogP contribution in [0.3, 0.4) is 0 Å². The van der Waals surface area contributed by atoms with Crippen molar-refractivity contribution in [2.24, 2.45) is 0 Å². The van der Waals surface area contributed by atoms with Gasteiger partial charge in [-0.05, 0) is 41.5 Å². The number of aromatic nitrogens is 2. The molecule has 0 aliphatic heterocycles. The maximum atomic E-state index is 12.5. The van der Waals surface area contributed by atoms with E-state index >= 15 is 0 Å². The van der Waals surface area contributed by atoms with Crippen LogP contribution in [0.1, 0.15) is 11.3 Å². The van der Waals surface area contributed by atoms with Crippen LogP contribution < -0.4 is 4.74 Å². The number of carbonyl (C=O) groups is 1. The monoisotopic (exact) mass is 371 g/mol. The number of halogens is 3. The third-order valence-electron chi connectivity index (χ3n) is 3.66. The van der Waals surface area contributed by atoms with Gasteiger partial charge in [-0.3, -0.25) is 4.68 Å². The second kappa shape index (κ2) is 7.33. The SMILES string of the molecule is N#Cc1ccc(-c2ccc(OC(=O)Cn3ccc(C(F)(F)F)n3)cc2)cc1. The van der Waals surface area contributed by atoms with Crippen LogP contribution in [0.5, 0.6) is 5.75 Å². The van der Waals surface area contributed by atoms with Crippen molar-refractivity contribution in [1.29, 1.82) is 5.26 Å². The van der Waals surface area contributed by atoms with Crippen molar-refractivity contribution in [1.82, 2.24) is 9.78 Å². The Kier molecular flexibility index (Phi) is 4.94. The molecule has 0 aliphatic carbocycles. The van der Waals surface area contributed by atoms with Crippen molar-refractivity contribution in [3.63, 3.8) is 0 Å². The fraction of sp³-hybridized carbons (Fsp3) is 0.105. The van der Waals surface area contributed by atoms with Crippen LogP contribution >= 0.6 is 0 Å². The first-order valence-corrected chi connectivity index (χ1v) is 7.77. The normalized spacial score (nSPS) is 11.0. The summed E-state index contributed by atoms with van der Waals surface area (Å²) in [7, 11) is 0. The van der Waals surface area contributed by atoms with E-state index in [2.05, 4.69) is 5.10 Å². The molecular formula is C19H12F3N3O2. The van der Waals surface area contributed by atoms with Crippen LogP contribution in [0.4, 0.5) is 13.2 Å². The summed E-state index contributed by atoms with van der Waals surface area (Å²) in [4.78, 5) is 11.9. The van der Waals surface area contributed by atoms with E-state index in [9.17, 15) is 18.0 Å². The van der Waals surface area contributed by atoms with E-state index in [4.69, 9.17) is 10.00 Å². The summed E-state index contributed by atoms with van der Waals surface area (Å²) < 4.78 is 43.5. The fourth-order valence-corrected chi connectivity index (χ4v) is 2.35. The Morgan fingerprint density at radius 2 is 1.63 bits per heavy atom. The van der Waals surface area contributed by atoms with Crippen LogP contribution in [0, 0.1) is 11.3 Å². The van der Waals surface area contributed by atoms with Gasteiger partial charge in [0.2, 0.25) is 0 Å². The van der Waals surface area contributed by atoms with Crippen molar-refractivity contribution in [2.45, 2.75) is 12.7 Å². The van der Waals surface area contributed by atoms with Gasteiger partial charge in [-0.1, -0.05) is 24.3 Å². The highest BCUT2D eigenvalue weighted by molar-refractivity contribution is 5.72. The van der Waals surface area contributed by atoms with Crippen molar-refractivity contribution in [3.05, 3.63) is 72.1 Å². The average molecular weight is 371 g/mol. The topological polar surface area (TPSA) is 67.9 Å². The van der Waals surface area contributed by atoms with Gasteiger partial charge in [-0.25, -0.2) is 4.79 Å². The molecule has 5 nitrogen and oxygen atoms in total. The second-order valence-electron chi connectivity index (χ2n) is 5.58. The molecule has 0 unspecified atom stereocenters. The Labute approximate surface area is 152 Å². The molecule has 8 heteroatoms. The first-order chi connectivity index (χ1) is 12.8. The highest BCUT2D eigenvalue weighted by Crippen LogP contribution is 2.27. The standard InChI is InChI=1S/C19H12F3N3O2/c20-19(21,22)17-9-10-25(24-17)12-18(26)27-16-7-5-15(6-8-16)14-3-1-13(11-23)2-4-14/h1-10H,12H2. The summed E-state index contributed by atoms with van der Waals surface area (Å²) in [6.07, 6.45) is -3.49. The smallest absolute Gasteiger partial charge is 0.425 e. The molecule has 0 saturated heterocycles. The number of benzene rings is 2. The van der Waals surface area contributed by atoms with Gasteiger partial charge in [0.05, 0.1) is 11.6 Å². The zero-order chi connectivity index (χ0) is 19.4. The number of hydrogen-bond acceptors (Lipinski definition) is 4. The summed E-state index contributed by atoms with van der Waals surface area (Å²) in [6.45, 7) is -0.437. The Balaban J connectivity index is 1.63. The first-order valence-electron chi connectivity index (χ1n) is 7.77. The molecule has 0 N–H and O–H groups in total. The van der Waals surface area contributed by atoms with Crippen molar-refractivity contribution in [3.8, 4) is 22.9 Å². The third-order valence-corrected chi connectivity index (χ3v) is 3.66. The summed E-state index contributed by atoms with van der Waals surface area (Å²) in [5.74, 6) is -0.474. The van der Waals surface area contributed by atoms with E-state index < -0.39 is 24.4 Å². The highest BCUT2D eigenvalue weighted by atomic mass is 19.4. The molecule has 3 rings (SSSR count). The van der Waals surface area contributed by atoms with Crippen molar-refractivity contribution in [2.75, 3.05) is 0 Å². The molecule has 0 atom stereocenters. The minimum atomic E-state index is -4.56. The molecule has 2 aromatic carbocycles. The molecule has 3 aromatic rings. The van der Waals surface area contributed by atoms with Gasteiger partial charge in [0, 0.05) is 6.20 Å². The number of hydrogen-bond donors (Lipinski definition) is 0. The van der Waals surface area contributed by atoms with Crippen molar-refractivity contribution >= 4 is 5.97 Å². The molecule has 0 spiro atoms. The van der Waals surface area contributed by atoms with Gasteiger partial charge in [-0.15, -0.1) is 0 Å². The Hall–Kier alpha value is -3.60. The molecule has 27 heavy (non-hydrogen) atoms. The number of esters is 1. The van der Waals surface area contributed by atoms with Crippen LogP contribution in [0.25, 0.3) is 11.1 Å². The lowest BCUT2D eigenvalue weighted by Crippen LogP contribution is -2.17. The summed E-state index contributed by atoms with van der Waals surface area (Å²) in [6, 6.07) is 16.5. The summed E-state index contributed by atoms with van der Waals surface area (Å²) in [5.41, 5.74) is 1.24. The molecule has 0 aliphatic rings. The number of nitrogens with zero attached hydrogens (tertiary/aromatic N) is 3. The van der Waals surface area contributed by atoms with E-state index in [0.29, 0.717) is 5.56 Å². The first kappa shape index (κ1) is 18.2. The lowest BCUT2D eigenvalue weighted by atomic mass is 10.0. The number of nitriles is 1. The fourth-order valence-electron chi connectivity index (χ4n) is 2.35. The van der Waals surface area contributed by atoms with Crippen LogP contribution in [-0.4, -0.2) is 15.7 Å². The van der Waals surface area contributed by atoms with Gasteiger partial charge in [0.25, 0.3) is 0 Å². The van der Waals surface area contributed by atoms with Gasteiger partial charge < -0.3 is 4.74 Å². The number of alkyl halides is 3. The molecule has 0 bridgehead atoms. The van der Waals surface area contributed by atoms with Gasteiger partial charge in [-0.2, -0.15) is 23.5 Å². The van der Waals surface area contributed by atoms with E-state index in [1.807, 2.05) is 6.07 Å². The third kappa shape index (κ3) is 4.52. The predicted octanol–water partition coefficient (Wildman–Crippen LogP) is 4.05. The molecule has 0 saturated carbocycles. The second-order valence-corrected chi connectivity index (χ2v) is 5.58. The van der Waals surface area contributed by atoms with E-state index in [1.165, 1.54) is 0 Å². The van der Waals surface area contributed by atoms with Crippen LogP contribution in [0.2, 0.25) is 0 Å². The molecule has 1 aromatic heterocycles. The maximum Gasteiger partial charge on any atom is 0.435 e. The predicted molar refractivity (Wildman–Crippen MR) is 89.5 cm³/mol. The van der Waals surface area contributed by atoms with Crippen LogP contribution in [0.15, 0.2) is 60.8 Å². The van der Waals surface area contributed by atoms with Gasteiger partial charge in [0.1, 0.15) is 12.3 Å². The number of carbonyl (C=O) groups excluding carboxylic acids is 1. The van der Waals surface area contributed by atoms with E-state index in [-0.39, 0.29) is 5.75 Å². The average Bonchev–Trinajstić information content (AvgIpc) is 3.11. The van der Waals surface area contributed by atoms with Crippen LogP contribution in [-0.2, 0) is 17.5 Å². The van der Waals surface area contributed by atoms with E-state index in [0.717, 1.165) is 28.1 Å². The minimum absolute atomic E-state index is 0.264. The lowest BCUT2D eigenvalue weighted by Gasteiger charge is -2.07. The van der Waals surface area contributed by atoms with Crippen molar-refractivity contribution < 1.29 is 22.7 Å². The van der Waals surface area contributed by atoms with E-state index in [1.54, 1.807) is 48.5 Å². The lowest BCUT2D eigenvalue weighted by molar-refractivity contribution is -0.142. The zero-order valence-corrected chi connectivity index (χ0v) is 13.8. The minimum Gasteiger partial charge on any atom is -0.425 e. The molecule has 0 radical (unpaired) electrons. The Bertz CT molecular complexity index is 985. The number of ether oxygens (including phenoxy) is 1.